The molecule has 1 saturated carbocycles. The molecular weight excluding hydrogens is 268 g/mol. The van der Waals surface area contributed by atoms with E-state index in [1.54, 1.807) is 0 Å². The Bertz CT molecular complexity index is 460. The van der Waals surface area contributed by atoms with Crippen LogP contribution in [0.4, 0.5) is 0 Å². The van der Waals surface area contributed by atoms with Crippen LogP contribution in [0, 0.1) is 16.7 Å². The van der Waals surface area contributed by atoms with Crippen molar-refractivity contribution in [1.82, 2.24) is 5.32 Å². The fourth-order valence-electron chi connectivity index (χ4n) is 1.50. The molecule has 0 bridgehead atoms. The number of nitrogens with zero attached hydrogens (tertiary/aromatic N) is 1. The van der Waals surface area contributed by atoms with Crippen LogP contribution in [-0.2, 0) is 11.3 Å². The van der Waals surface area contributed by atoms with Crippen LogP contribution in [0.3, 0.4) is 0 Å². The van der Waals surface area contributed by atoms with Crippen LogP contribution < -0.4 is 5.32 Å². The van der Waals surface area contributed by atoms with Crippen molar-refractivity contribution < 1.29 is 4.79 Å². The summed E-state index contributed by atoms with van der Waals surface area (Å²) in [5.74, 6) is -0.147. The lowest BCUT2D eigenvalue weighted by atomic mass is 10.1. The van der Waals surface area contributed by atoms with Gasteiger partial charge >= 0.3 is 0 Å². The molecule has 4 heteroatoms. The number of benzene rings is 1. The second-order valence-electron chi connectivity index (χ2n) is 3.97. The van der Waals surface area contributed by atoms with Crippen molar-refractivity contribution in [3.8, 4) is 6.07 Å². The molecule has 3 nitrogen and oxygen atoms in total. The average molecular weight is 279 g/mol. The molecule has 1 aromatic rings. The van der Waals surface area contributed by atoms with E-state index in [9.17, 15) is 4.79 Å². The average Bonchev–Trinajstić information content (AvgIpc) is 3.08. The summed E-state index contributed by atoms with van der Waals surface area (Å²) in [4.78, 5) is 11.7. The fraction of sp³-hybridized carbons (Fsp3) is 0.333. The quantitative estimate of drug-likeness (QED) is 0.923. The van der Waals surface area contributed by atoms with Crippen molar-refractivity contribution in [1.29, 1.82) is 5.26 Å². The number of nitrogens with one attached hydrogen (secondary N) is 1. The number of rotatable bonds is 3. The van der Waals surface area contributed by atoms with Gasteiger partial charge in [0.2, 0.25) is 5.91 Å². The van der Waals surface area contributed by atoms with E-state index >= 15 is 0 Å². The summed E-state index contributed by atoms with van der Waals surface area (Å²) in [6.07, 6.45) is 1.37. The molecule has 82 valence electrons. The third-order valence-electron chi connectivity index (χ3n) is 2.80. The monoisotopic (exact) mass is 278 g/mol. The van der Waals surface area contributed by atoms with Gasteiger partial charge in [0.1, 0.15) is 5.41 Å². The van der Waals surface area contributed by atoms with Crippen LogP contribution in [0.2, 0.25) is 0 Å². The maximum absolute atomic E-state index is 11.7. The molecule has 0 spiro atoms. The number of hydrogen-bond donors (Lipinski definition) is 1. The van der Waals surface area contributed by atoms with E-state index in [-0.39, 0.29) is 5.91 Å². The van der Waals surface area contributed by atoms with E-state index < -0.39 is 5.41 Å². The van der Waals surface area contributed by atoms with Crippen molar-refractivity contribution in [3.05, 3.63) is 34.3 Å². The molecule has 1 aromatic carbocycles. The molecule has 0 atom stereocenters. The Morgan fingerprint density at radius 3 is 2.75 bits per heavy atom. The van der Waals surface area contributed by atoms with E-state index in [1.807, 2.05) is 24.3 Å². The Kier molecular flexibility index (Phi) is 2.97. The Morgan fingerprint density at radius 2 is 2.19 bits per heavy atom. The van der Waals surface area contributed by atoms with Crippen molar-refractivity contribution in [3.63, 3.8) is 0 Å². The zero-order valence-electron chi connectivity index (χ0n) is 8.66. The van der Waals surface area contributed by atoms with Crippen molar-refractivity contribution in [2.45, 2.75) is 19.4 Å². The van der Waals surface area contributed by atoms with Gasteiger partial charge in [-0.1, -0.05) is 34.1 Å². The number of carbonyl (C=O) groups is 1. The molecule has 1 amide bonds. The molecule has 1 N–H and O–H groups in total. The number of carbonyl (C=O) groups excluding carboxylic acids is 1. The predicted octanol–water partition coefficient (Wildman–Crippen LogP) is 2.37. The Balaban J connectivity index is 1.96. The van der Waals surface area contributed by atoms with Crippen molar-refractivity contribution in [2.75, 3.05) is 0 Å². The minimum absolute atomic E-state index is 0.147. The molecule has 0 aromatic heterocycles. The minimum Gasteiger partial charge on any atom is -0.351 e. The smallest absolute Gasteiger partial charge is 0.240 e. The van der Waals surface area contributed by atoms with E-state index in [0.29, 0.717) is 19.4 Å². The number of hydrogen-bond acceptors (Lipinski definition) is 2. The highest BCUT2D eigenvalue weighted by molar-refractivity contribution is 9.10. The van der Waals surface area contributed by atoms with Crippen molar-refractivity contribution >= 4 is 21.8 Å². The van der Waals surface area contributed by atoms with E-state index in [4.69, 9.17) is 5.26 Å². The summed E-state index contributed by atoms with van der Waals surface area (Å²) in [5.41, 5.74) is 0.283. The lowest BCUT2D eigenvalue weighted by Crippen LogP contribution is -2.30. The molecule has 0 aliphatic heterocycles. The van der Waals surface area contributed by atoms with E-state index in [1.165, 1.54) is 0 Å². The number of nitriles is 1. The van der Waals surface area contributed by atoms with Gasteiger partial charge in [0.05, 0.1) is 6.07 Å². The highest BCUT2D eigenvalue weighted by Crippen LogP contribution is 2.45. The van der Waals surface area contributed by atoms with Crippen LogP contribution in [0.25, 0.3) is 0 Å². The molecule has 0 unspecified atom stereocenters. The molecular formula is C12H11BrN2O. The highest BCUT2D eigenvalue weighted by atomic mass is 79.9. The molecule has 0 saturated heterocycles. The maximum Gasteiger partial charge on any atom is 0.240 e. The van der Waals surface area contributed by atoms with Gasteiger partial charge in [-0.15, -0.1) is 0 Å². The molecule has 1 fully saturated rings. The highest BCUT2D eigenvalue weighted by Gasteiger charge is 2.50. The first kappa shape index (κ1) is 11.2. The Labute approximate surface area is 103 Å². The standard InChI is InChI=1S/C12H11BrN2O/c13-10-4-2-1-3-9(10)7-15-11(16)12(8-14)5-6-12/h1-4H,5-7H2,(H,15,16). The van der Waals surface area contributed by atoms with Crippen molar-refractivity contribution in [2.24, 2.45) is 5.41 Å². The van der Waals surface area contributed by atoms with Crippen LogP contribution in [0.5, 0.6) is 0 Å². The maximum atomic E-state index is 11.7. The SMILES string of the molecule is N#CC1(C(=O)NCc2ccccc2Br)CC1. The fourth-order valence-corrected chi connectivity index (χ4v) is 1.93. The summed E-state index contributed by atoms with van der Waals surface area (Å²) >= 11 is 3.41. The summed E-state index contributed by atoms with van der Waals surface area (Å²) in [6, 6.07) is 9.79. The second kappa shape index (κ2) is 4.26. The third-order valence-corrected chi connectivity index (χ3v) is 3.57. The summed E-state index contributed by atoms with van der Waals surface area (Å²) in [6.45, 7) is 0.462. The van der Waals surface area contributed by atoms with Gasteiger partial charge in [-0.25, -0.2) is 0 Å². The van der Waals surface area contributed by atoms with E-state index in [2.05, 4.69) is 27.3 Å². The van der Waals surface area contributed by atoms with Gasteiger partial charge in [-0.05, 0) is 24.5 Å². The molecule has 1 aliphatic carbocycles. The molecule has 2 rings (SSSR count). The normalized spacial score (nSPS) is 16.2. The van der Waals surface area contributed by atoms with E-state index in [0.717, 1.165) is 10.0 Å². The molecule has 16 heavy (non-hydrogen) atoms. The first-order valence-corrected chi connectivity index (χ1v) is 5.90. The second-order valence-corrected chi connectivity index (χ2v) is 4.82. The largest absolute Gasteiger partial charge is 0.351 e. The number of halogens is 1. The molecule has 0 heterocycles. The first-order valence-electron chi connectivity index (χ1n) is 5.11. The lowest BCUT2D eigenvalue weighted by Gasteiger charge is -2.09. The van der Waals surface area contributed by atoms with Gasteiger partial charge in [-0.2, -0.15) is 5.26 Å². The van der Waals surface area contributed by atoms with Crippen LogP contribution >= 0.6 is 15.9 Å². The lowest BCUT2D eigenvalue weighted by molar-refractivity contribution is -0.124. The molecule has 1 aliphatic rings. The van der Waals surface area contributed by atoms with Gasteiger partial charge in [0.15, 0.2) is 0 Å². The van der Waals surface area contributed by atoms with Crippen LogP contribution in [-0.4, -0.2) is 5.91 Å². The summed E-state index contributed by atoms with van der Waals surface area (Å²) < 4.78 is 0.970. The summed E-state index contributed by atoms with van der Waals surface area (Å²) in [7, 11) is 0. The van der Waals surface area contributed by atoms with Gasteiger partial charge in [-0.3, -0.25) is 4.79 Å². The van der Waals surface area contributed by atoms with Gasteiger partial charge in [0, 0.05) is 11.0 Å². The minimum atomic E-state index is -0.735. The van der Waals surface area contributed by atoms with Crippen LogP contribution in [0.1, 0.15) is 18.4 Å². The van der Waals surface area contributed by atoms with Crippen LogP contribution in [0.15, 0.2) is 28.7 Å². The Morgan fingerprint density at radius 1 is 1.50 bits per heavy atom. The zero-order chi connectivity index (χ0) is 11.6. The zero-order valence-corrected chi connectivity index (χ0v) is 10.3. The topological polar surface area (TPSA) is 52.9 Å². The summed E-state index contributed by atoms with van der Waals surface area (Å²) in [5, 5.41) is 11.7. The first-order chi connectivity index (χ1) is 7.68. The third kappa shape index (κ3) is 2.10. The predicted molar refractivity (Wildman–Crippen MR) is 63.3 cm³/mol. The van der Waals surface area contributed by atoms with Gasteiger partial charge in [0.25, 0.3) is 0 Å². The van der Waals surface area contributed by atoms with Gasteiger partial charge < -0.3 is 5.32 Å². The Hall–Kier alpha value is -1.34. The number of amides is 1. The molecule has 0 radical (unpaired) electrons.